The zero-order valence-corrected chi connectivity index (χ0v) is 11.1. The fraction of sp³-hybridized carbons (Fsp3) is 0.917. The van der Waals surface area contributed by atoms with Crippen LogP contribution in [-0.2, 0) is 4.79 Å². The van der Waals surface area contributed by atoms with E-state index < -0.39 is 11.5 Å². The molecule has 100 valence electrons. The van der Waals surface area contributed by atoms with Crippen molar-refractivity contribution in [3.05, 3.63) is 0 Å². The van der Waals surface area contributed by atoms with E-state index in [0.717, 1.165) is 25.9 Å². The molecule has 0 aromatic rings. The first kappa shape index (κ1) is 14.4. The average Bonchev–Trinajstić information content (AvgIpc) is 2.62. The van der Waals surface area contributed by atoms with E-state index in [9.17, 15) is 4.79 Å². The molecule has 0 aliphatic heterocycles. The molecule has 0 aromatic heterocycles. The molecule has 0 spiro atoms. The van der Waals surface area contributed by atoms with Crippen LogP contribution in [0.25, 0.3) is 0 Å². The maximum Gasteiger partial charge on any atom is 0.323 e. The van der Waals surface area contributed by atoms with E-state index in [0.29, 0.717) is 18.9 Å². The molecule has 0 radical (unpaired) electrons. The van der Waals surface area contributed by atoms with Gasteiger partial charge in [-0.1, -0.05) is 0 Å². The molecule has 2 unspecified atom stereocenters. The summed E-state index contributed by atoms with van der Waals surface area (Å²) in [5.74, 6) is -0.860. The van der Waals surface area contributed by atoms with Gasteiger partial charge in [0.15, 0.2) is 0 Å². The van der Waals surface area contributed by atoms with Crippen molar-refractivity contribution in [3.8, 4) is 0 Å². The molecule has 3 N–H and O–H groups in total. The Labute approximate surface area is 104 Å². The van der Waals surface area contributed by atoms with Gasteiger partial charge in [-0.25, -0.2) is 0 Å². The lowest BCUT2D eigenvalue weighted by atomic mass is 9.99. The van der Waals surface area contributed by atoms with Crippen LogP contribution in [-0.4, -0.2) is 66.7 Å². The molecule has 2 atom stereocenters. The molecule has 1 aliphatic carbocycles. The number of aliphatic carboxylic acids is 1. The highest BCUT2D eigenvalue weighted by Gasteiger charge is 2.43. The molecule has 1 fully saturated rings. The number of hydrogen-bond donors (Lipinski definition) is 2. The van der Waals surface area contributed by atoms with Crippen molar-refractivity contribution in [2.75, 3.05) is 34.2 Å². The van der Waals surface area contributed by atoms with Crippen LogP contribution in [0.2, 0.25) is 0 Å². The summed E-state index contributed by atoms with van der Waals surface area (Å²) >= 11 is 0. The molecule has 0 bridgehead atoms. The summed E-state index contributed by atoms with van der Waals surface area (Å²) in [6.07, 6.45) is 3.15. The third-order valence-electron chi connectivity index (χ3n) is 3.69. The monoisotopic (exact) mass is 243 g/mol. The lowest BCUT2D eigenvalue weighted by Crippen LogP contribution is -2.47. The Balaban J connectivity index is 2.35. The van der Waals surface area contributed by atoms with Crippen LogP contribution in [0.1, 0.15) is 25.7 Å². The molecule has 1 aliphatic rings. The van der Waals surface area contributed by atoms with Gasteiger partial charge in [-0.3, -0.25) is 4.79 Å². The van der Waals surface area contributed by atoms with Crippen LogP contribution in [0.15, 0.2) is 0 Å². The van der Waals surface area contributed by atoms with Gasteiger partial charge in [0.1, 0.15) is 5.54 Å². The fourth-order valence-corrected chi connectivity index (χ4v) is 2.44. The number of carboxylic acid groups (broad SMARTS) is 1. The number of carboxylic acids is 1. The lowest BCUT2D eigenvalue weighted by Gasteiger charge is -2.26. The van der Waals surface area contributed by atoms with Gasteiger partial charge >= 0.3 is 5.97 Å². The number of nitrogens with two attached hydrogens (primary N) is 1. The molecule has 0 amide bonds. The van der Waals surface area contributed by atoms with Crippen molar-refractivity contribution in [2.45, 2.75) is 37.3 Å². The summed E-state index contributed by atoms with van der Waals surface area (Å²) in [6.45, 7) is 2.06. The maximum atomic E-state index is 11.0. The van der Waals surface area contributed by atoms with Gasteiger partial charge in [0.25, 0.3) is 0 Å². The van der Waals surface area contributed by atoms with Gasteiger partial charge in [0.05, 0.1) is 0 Å². The molecule has 0 aromatic carbocycles. The summed E-state index contributed by atoms with van der Waals surface area (Å²) in [7, 11) is 6.18. The van der Waals surface area contributed by atoms with Crippen LogP contribution in [0.5, 0.6) is 0 Å². The average molecular weight is 243 g/mol. The second-order valence-corrected chi connectivity index (χ2v) is 5.50. The molecular weight excluding hydrogens is 218 g/mol. The maximum absolute atomic E-state index is 11.0. The van der Waals surface area contributed by atoms with Crippen molar-refractivity contribution in [1.29, 1.82) is 0 Å². The Morgan fingerprint density at radius 1 is 1.41 bits per heavy atom. The summed E-state index contributed by atoms with van der Waals surface area (Å²) in [6, 6.07) is 0.318. The quantitative estimate of drug-likeness (QED) is 0.697. The summed E-state index contributed by atoms with van der Waals surface area (Å²) in [5.41, 5.74) is 4.87. The fourth-order valence-electron chi connectivity index (χ4n) is 2.44. The minimum Gasteiger partial charge on any atom is -0.480 e. The number of hydrogen-bond acceptors (Lipinski definition) is 4. The first-order chi connectivity index (χ1) is 7.85. The van der Waals surface area contributed by atoms with Gasteiger partial charge < -0.3 is 20.6 Å². The van der Waals surface area contributed by atoms with Crippen LogP contribution >= 0.6 is 0 Å². The third-order valence-corrected chi connectivity index (χ3v) is 3.69. The third kappa shape index (κ3) is 3.94. The predicted molar refractivity (Wildman–Crippen MR) is 68.0 cm³/mol. The van der Waals surface area contributed by atoms with E-state index in [-0.39, 0.29) is 0 Å². The topological polar surface area (TPSA) is 69.8 Å². The van der Waals surface area contributed by atoms with Crippen molar-refractivity contribution in [1.82, 2.24) is 9.80 Å². The van der Waals surface area contributed by atoms with E-state index in [1.54, 1.807) is 0 Å². The highest BCUT2D eigenvalue weighted by molar-refractivity contribution is 5.79. The van der Waals surface area contributed by atoms with Crippen molar-refractivity contribution >= 4 is 5.97 Å². The molecule has 5 nitrogen and oxygen atoms in total. The van der Waals surface area contributed by atoms with Gasteiger partial charge in [-0.05, 0) is 59.9 Å². The van der Waals surface area contributed by atoms with Crippen LogP contribution in [0.4, 0.5) is 0 Å². The smallest absolute Gasteiger partial charge is 0.323 e. The normalized spacial score (nSPS) is 29.2. The van der Waals surface area contributed by atoms with Crippen molar-refractivity contribution < 1.29 is 9.90 Å². The van der Waals surface area contributed by atoms with E-state index in [1.165, 1.54) is 0 Å². The minimum absolute atomic E-state index is 0.318. The second kappa shape index (κ2) is 5.80. The SMILES string of the molecule is CN(C)CCCN(C)C1CCC(N)(C(=O)O)C1. The summed E-state index contributed by atoms with van der Waals surface area (Å²) in [5, 5.41) is 9.07. The minimum atomic E-state index is -1.000. The van der Waals surface area contributed by atoms with E-state index in [1.807, 2.05) is 0 Å². The van der Waals surface area contributed by atoms with Crippen LogP contribution in [0.3, 0.4) is 0 Å². The lowest BCUT2D eigenvalue weighted by molar-refractivity contribution is -0.143. The molecule has 1 rings (SSSR count). The van der Waals surface area contributed by atoms with Crippen LogP contribution in [0, 0.1) is 0 Å². The highest BCUT2D eigenvalue weighted by atomic mass is 16.4. The van der Waals surface area contributed by atoms with Crippen molar-refractivity contribution in [2.24, 2.45) is 5.73 Å². The summed E-state index contributed by atoms with van der Waals surface area (Å²) < 4.78 is 0. The summed E-state index contributed by atoms with van der Waals surface area (Å²) in [4.78, 5) is 15.5. The van der Waals surface area contributed by atoms with E-state index in [2.05, 4.69) is 30.9 Å². The first-order valence-corrected chi connectivity index (χ1v) is 6.22. The Kier molecular flexibility index (Phi) is 4.91. The number of rotatable bonds is 6. The molecule has 0 saturated heterocycles. The van der Waals surface area contributed by atoms with E-state index >= 15 is 0 Å². The Hall–Kier alpha value is -0.650. The second-order valence-electron chi connectivity index (χ2n) is 5.50. The molecule has 17 heavy (non-hydrogen) atoms. The van der Waals surface area contributed by atoms with Gasteiger partial charge in [-0.2, -0.15) is 0 Å². The molecule has 1 saturated carbocycles. The molecule has 0 heterocycles. The largest absolute Gasteiger partial charge is 0.480 e. The number of nitrogens with zero attached hydrogens (tertiary/aromatic N) is 2. The Morgan fingerprint density at radius 2 is 2.06 bits per heavy atom. The predicted octanol–water partition coefficient (Wildman–Crippen LogP) is 0.205. The highest BCUT2D eigenvalue weighted by Crippen LogP contribution is 2.30. The standard InChI is InChI=1S/C12H25N3O2/c1-14(2)7-4-8-15(3)10-5-6-12(13,9-10)11(16)17/h10H,4-9,13H2,1-3H3,(H,16,17). The Morgan fingerprint density at radius 3 is 2.53 bits per heavy atom. The van der Waals surface area contributed by atoms with Crippen molar-refractivity contribution in [3.63, 3.8) is 0 Å². The van der Waals surface area contributed by atoms with Gasteiger partial charge in [-0.15, -0.1) is 0 Å². The molecule has 5 heteroatoms. The number of carbonyl (C=O) groups is 1. The van der Waals surface area contributed by atoms with E-state index in [4.69, 9.17) is 10.8 Å². The Bertz CT molecular complexity index is 270. The zero-order chi connectivity index (χ0) is 13.1. The van der Waals surface area contributed by atoms with Crippen LogP contribution < -0.4 is 5.73 Å². The molecular formula is C12H25N3O2. The zero-order valence-electron chi connectivity index (χ0n) is 11.1. The van der Waals surface area contributed by atoms with Gasteiger partial charge in [0.2, 0.25) is 0 Å². The first-order valence-electron chi connectivity index (χ1n) is 6.22. The van der Waals surface area contributed by atoms with Gasteiger partial charge in [0, 0.05) is 6.04 Å².